The predicted molar refractivity (Wildman–Crippen MR) is 64.0 cm³/mol. The first-order valence-electron chi connectivity index (χ1n) is 5.54. The summed E-state index contributed by atoms with van der Waals surface area (Å²) in [7, 11) is 0. The minimum Gasteiger partial charge on any atom is -0.294 e. The summed E-state index contributed by atoms with van der Waals surface area (Å²) in [5.74, 6) is 0. The Bertz CT molecular complexity index is 349. The summed E-state index contributed by atoms with van der Waals surface area (Å²) in [4.78, 5) is 8.93. The number of nitriles is 1. The normalized spacial score (nSPS) is 20.5. The average molecular weight is 236 g/mol. The average Bonchev–Trinajstić information content (AvgIpc) is 2.82. The maximum atomic E-state index is 8.85. The molecule has 5 heteroatoms. The lowest BCUT2D eigenvalue weighted by atomic mass is 10.2. The van der Waals surface area contributed by atoms with Gasteiger partial charge in [0.1, 0.15) is 5.01 Å². The Labute approximate surface area is 100 Å². The van der Waals surface area contributed by atoms with E-state index in [-0.39, 0.29) is 6.04 Å². The van der Waals surface area contributed by atoms with E-state index in [1.54, 1.807) is 11.3 Å². The molecular weight excluding hydrogens is 220 g/mol. The van der Waals surface area contributed by atoms with Gasteiger partial charge in [-0.1, -0.05) is 0 Å². The second-order valence-electron chi connectivity index (χ2n) is 4.04. The van der Waals surface area contributed by atoms with E-state index < -0.39 is 0 Å². The zero-order valence-electron chi connectivity index (χ0n) is 9.46. The number of rotatable bonds is 3. The molecule has 16 heavy (non-hydrogen) atoms. The van der Waals surface area contributed by atoms with Crippen molar-refractivity contribution in [3.8, 4) is 6.07 Å². The van der Waals surface area contributed by atoms with Crippen LogP contribution in [0.15, 0.2) is 11.6 Å². The summed E-state index contributed by atoms with van der Waals surface area (Å²) in [5, 5.41) is 12.0. The highest BCUT2D eigenvalue weighted by Gasteiger charge is 2.20. The van der Waals surface area contributed by atoms with Gasteiger partial charge in [-0.3, -0.25) is 9.80 Å². The molecule has 0 saturated carbocycles. The molecule has 1 aromatic rings. The zero-order valence-corrected chi connectivity index (χ0v) is 10.3. The second-order valence-corrected chi connectivity index (χ2v) is 5.02. The van der Waals surface area contributed by atoms with Crippen LogP contribution in [0.4, 0.5) is 0 Å². The molecular formula is C11H16N4S. The SMILES string of the molecule is CC(C#N)N1CCN(Cc2nccs2)CC1. The van der Waals surface area contributed by atoms with Crippen molar-refractivity contribution in [2.24, 2.45) is 0 Å². The van der Waals surface area contributed by atoms with Crippen molar-refractivity contribution < 1.29 is 0 Å². The first-order valence-corrected chi connectivity index (χ1v) is 6.42. The van der Waals surface area contributed by atoms with Gasteiger partial charge in [-0.25, -0.2) is 4.98 Å². The van der Waals surface area contributed by atoms with Gasteiger partial charge in [0, 0.05) is 37.8 Å². The Morgan fingerprint density at radius 1 is 1.50 bits per heavy atom. The fourth-order valence-corrected chi connectivity index (χ4v) is 2.57. The summed E-state index contributed by atoms with van der Waals surface area (Å²) in [5.41, 5.74) is 0. The molecule has 1 atom stereocenters. The Balaban J connectivity index is 1.80. The fraction of sp³-hybridized carbons (Fsp3) is 0.636. The minimum atomic E-state index is 0.0435. The zero-order chi connectivity index (χ0) is 11.4. The molecule has 0 N–H and O–H groups in total. The molecule has 86 valence electrons. The first-order chi connectivity index (χ1) is 7.79. The Hall–Kier alpha value is -0.960. The third-order valence-corrected chi connectivity index (χ3v) is 3.75. The van der Waals surface area contributed by atoms with Crippen LogP contribution in [-0.4, -0.2) is 47.0 Å². The molecule has 0 amide bonds. The van der Waals surface area contributed by atoms with Crippen molar-refractivity contribution in [2.45, 2.75) is 19.5 Å². The van der Waals surface area contributed by atoms with Gasteiger partial charge in [-0.05, 0) is 6.92 Å². The monoisotopic (exact) mass is 236 g/mol. The lowest BCUT2D eigenvalue weighted by molar-refractivity contribution is 0.114. The quantitative estimate of drug-likeness (QED) is 0.790. The number of hydrogen-bond acceptors (Lipinski definition) is 5. The molecule has 1 unspecified atom stereocenters. The highest BCUT2D eigenvalue weighted by atomic mass is 32.1. The van der Waals surface area contributed by atoms with Crippen LogP contribution >= 0.6 is 11.3 Å². The van der Waals surface area contributed by atoms with Crippen LogP contribution in [0.5, 0.6) is 0 Å². The predicted octanol–water partition coefficient (Wildman–Crippen LogP) is 1.17. The molecule has 1 saturated heterocycles. The highest BCUT2D eigenvalue weighted by Crippen LogP contribution is 2.11. The molecule has 0 bridgehead atoms. The minimum absolute atomic E-state index is 0.0435. The number of nitrogens with zero attached hydrogens (tertiary/aromatic N) is 4. The van der Waals surface area contributed by atoms with Crippen LogP contribution in [0.1, 0.15) is 11.9 Å². The number of piperazine rings is 1. The second kappa shape index (κ2) is 5.39. The molecule has 4 nitrogen and oxygen atoms in total. The van der Waals surface area contributed by atoms with Crippen LogP contribution in [-0.2, 0) is 6.54 Å². The molecule has 2 rings (SSSR count). The highest BCUT2D eigenvalue weighted by molar-refractivity contribution is 7.09. The largest absolute Gasteiger partial charge is 0.294 e. The van der Waals surface area contributed by atoms with E-state index >= 15 is 0 Å². The van der Waals surface area contributed by atoms with Crippen LogP contribution in [0, 0.1) is 11.3 Å². The molecule has 1 fully saturated rings. The van der Waals surface area contributed by atoms with Gasteiger partial charge in [0.05, 0.1) is 18.7 Å². The van der Waals surface area contributed by atoms with Crippen LogP contribution in [0.2, 0.25) is 0 Å². The molecule has 1 aliphatic rings. The van der Waals surface area contributed by atoms with Crippen molar-refractivity contribution in [3.63, 3.8) is 0 Å². The lowest BCUT2D eigenvalue weighted by Crippen LogP contribution is -2.48. The van der Waals surface area contributed by atoms with Crippen molar-refractivity contribution in [3.05, 3.63) is 16.6 Å². The third kappa shape index (κ3) is 2.79. The molecule has 2 heterocycles. The molecule has 0 aromatic carbocycles. The van der Waals surface area contributed by atoms with Gasteiger partial charge in [0.25, 0.3) is 0 Å². The van der Waals surface area contributed by atoms with E-state index in [9.17, 15) is 0 Å². The fourth-order valence-electron chi connectivity index (χ4n) is 1.91. The van der Waals surface area contributed by atoms with Crippen molar-refractivity contribution in [1.82, 2.24) is 14.8 Å². The van der Waals surface area contributed by atoms with Gasteiger partial charge in [0.15, 0.2) is 0 Å². The van der Waals surface area contributed by atoms with E-state index in [1.165, 1.54) is 5.01 Å². The van der Waals surface area contributed by atoms with E-state index in [0.29, 0.717) is 0 Å². The van der Waals surface area contributed by atoms with E-state index in [4.69, 9.17) is 5.26 Å². The van der Waals surface area contributed by atoms with E-state index in [0.717, 1.165) is 32.7 Å². The van der Waals surface area contributed by atoms with E-state index in [1.807, 2.05) is 18.5 Å². The van der Waals surface area contributed by atoms with Crippen LogP contribution in [0.25, 0.3) is 0 Å². The summed E-state index contributed by atoms with van der Waals surface area (Å²) >= 11 is 1.71. The molecule has 1 aliphatic heterocycles. The molecule has 1 aromatic heterocycles. The first kappa shape index (κ1) is 11.5. The summed E-state index contributed by atoms with van der Waals surface area (Å²) < 4.78 is 0. The number of aromatic nitrogens is 1. The van der Waals surface area contributed by atoms with Gasteiger partial charge >= 0.3 is 0 Å². The van der Waals surface area contributed by atoms with Crippen molar-refractivity contribution in [1.29, 1.82) is 5.26 Å². The molecule has 0 spiro atoms. The maximum Gasteiger partial charge on any atom is 0.107 e. The summed E-state index contributed by atoms with van der Waals surface area (Å²) in [6.07, 6.45) is 1.86. The van der Waals surface area contributed by atoms with Crippen LogP contribution in [0.3, 0.4) is 0 Å². The topological polar surface area (TPSA) is 43.2 Å². The van der Waals surface area contributed by atoms with Crippen LogP contribution < -0.4 is 0 Å². The van der Waals surface area contributed by atoms with Crippen molar-refractivity contribution >= 4 is 11.3 Å². The van der Waals surface area contributed by atoms with Crippen molar-refractivity contribution in [2.75, 3.05) is 26.2 Å². The Kier molecular flexibility index (Phi) is 3.88. The standard InChI is InChI=1S/C11H16N4S/c1-10(8-12)15-5-3-14(4-6-15)9-11-13-2-7-16-11/h2,7,10H,3-6,9H2,1H3. The summed E-state index contributed by atoms with van der Waals surface area (Å²) in [6.45, 7) is 6.96. The Morgan fingerprint density at radius 3 is 2.81 bits per heavy atom. The maximum absolute atomic E-state index is 8.85. The van der Waals surface area contributed by atoms with Gasteiger partial charge in [0.2, 0.25) is 0 Å². The summed E-state index contributed by atoms with van der Waals surface area (Å²) in [6, 6.07) is 2.34. The van der Waals surface area contributed by atoms with E-state index in [2.05, 4.69) is 20.9 Å². The number of thiazole rings is 1. The molecule has 0 radical (unpaired) electrons. The molecule has 0 aliphatic carbocycles. The third-order valence-electron chi connectivity index (χ3n) is 2.98. The smallest absolute Gasteiger partial charge is 0.107 e. The van der Waals surface area contributed by atoms with Gasteiger partial charge in [-0.15, -0.1) is 11.3 Å². The lowest BCUT2D eigenvalue weighted by Gasteiger charge is -2.35. The van der Waals surface area contributed by atoms with Gasteiger partial charge in [-0.2, -0.15) is 5.26 Å². The Morgan fingerprint density at radius 2 is 2.25 bits per heavy atom. The number of hydrogen-bond donors (Lipinski definition) is 0. The van der Waals surface area contributed by atoms with Gasteiger partial charge < -0.3 is 0 Å².